The monoisotopic (exact) mass is 294 g/mol. The Labute approximate surface area is 129 Å². The van der Waals surface area contributed by atoms with Crippen molar-refractivity contribution in [3.05, 3.63) is 29.3 Å². The number of nitrogens with zero attached hydrogens (tertiary/aromatic N) is 1. The molecule has 0 aromatic heterocycles. The third kappa shape index (κ3) is 5.02. The maximum absolute atomic E-state index is 6.16. The van der Waals surface area contributed by atoms with Crippen LogP contribution in [-0.4, -0.2) is 31.1 Å². The minimum absolute atomic E-state index is 0.255. The summed E-state index contributed by atoms with van der Waals surface area (Å²) in [6.45, 7) is 6.62. The molecule has 0 saturated carbocycles. The number of hydrogen-bond acceptors (Lipinski definition) is 3. The van der Waals surface area contributed by atoms with Crippen LogP contribution in [0.1, 0.15) is 37.8 Å². The molecule has 0 aliphatic heterocycles. The molecule has 2 nitrogen and oxygen atoms in total. The van der Waals surface area contributed by atoms with Crippen LogP contribution in [0.3, 0.4) is 0 Å². The molecular formula is C17H30N2S. The summed E-state index contributed by atoms with van der Waals surface area (Å²) in [5.74, 6) is 1.21. The van der Waals surface area contributed by atoms with Crippen LogP contribution in [-0.2, 0) is 6.42 Å². The predicted octanol–water partition coefficient (Wildman–Crippen LogP) is 3.85. The summed E-state index contributed by atoms with van der Waals surface area (Å²) in [6.07, 6.45) is 5.38. The van der Waals surface area contributed by atoms with Crippen LogP contribution in [0.5, 0.6) is 0 Å². The zero-order chi connectivity index (χ0) is 15.1. The van der Waals surface area contributed by atoms with Crippen LogP contribution in [0.4, 0.5) is 5.69 Å². The maximum atomic E-state index is 6.16. The van der Waals surface area contributed by atoms with E-state index in [1.165, 1.54) is 29.0 Å². The van der Waals surface area contributed by atoms with E-state index in [1.54, 1.807) is 0 Å². The Kier molecular flexibility index (Phi) is 7.46. The van der Waals surface area contributed by atoms with Gasteiger partial charge in [-0.2, -0.15) is 11.8 Å². The number of thioether (sulfide) groups is 1. The molecule has 0 heterocycles. The third-order valence-corrected chi connectivity index (χ3v) is 4.67. The molecule has 0 bridgehead atoms. The van der Waals surface area contributed by atoms with E-state index in [4.69, 9.17) is 5.73 Å². The summed E-state index contributed by atoms with van der Waals surface area (Å²) in [6, 6.07) is 7.56. The van der Waals surface area contributed by atoms with E-state index in [1.807, 2.05) is 11.8 Å². The van der Waals surface area contributed by atoms with Gasteiger partial charge in [-0.05, 0) is 56.7 Å². The molecule has 114 valence electrons. The zero-order valence-corrected chi connectivity index (χ0v) is 14.5. The molecule has 20 heavy (non-hydrogen) atoms. The van der Waals surface area contributed by atoms with Gasteiger partial charge in [0.25, 0.3) is 0 Å². The van der Waals surface area contributed by atoms with Gasteiger partial charge in [-0.15, -0.1) is 0 Å². The van der Waals surface area contributed by atoms with E-state index in [-0.39, 0.29) is 6.04 Å². The molecule has 1 aromatic carbocycles. The average Bonchev–Trinajstić information content (AvgIpc) is 2.44. The number of anilines is 1. The van der Waals surface area contributed by atoms with Crippen LogP contribution >= 0.6 is 11.8 Å². The fourth-order valence-corrected chi connectivity index (χ4v) is 2.94. The highest BCUT2D eigenvalue weighted by Crippen LogP contribution is 2.25. The number of hydrogen-bond donors (Lipinski definition) is 1. The zero-order valence-electron chi connectivity index (χ0n) is 13.6. The fraction of sp³-hybridized carbons (Fsp3) is 0.647. The van der Waals surface area contributed by atoms with Gasteiger partial charge in [-0.3, -0.25) is 0 Å². The van der Waals surface area contributed by atoms with Crippen molar-refractivity contribution in [3.63, 3.8) is 0 Å². The number of benzene rings is 1. The van der Waals surface area contributed by atoms with Crippen molar-refractivity contribution in [2.45, 2.75) is 52.1 Å². The Morgan fingerprint density at radius 3 is 2.65 bits per heavy atom. The van der Waals surface area contributed by atoms with Gasteiger partial charge >= 0.3 is 0 Å². The molecule has 1 rings (SSSR count). The van der Waals surface area contributed by atoms with Crippen LogP contribution < -0.4 is 10.6 Å². The Morgan fingerprint density at radius 1 is 1.35 bits per heavy atom. The number of aryl methyl sites for hydroxylation is 1. The summed E-state index contributed by atoms with van der Waals surface area (Å²) < 4.78 is 0. The molecule has 1 aromatic rings. The summed E-state index contributed by atoms with van der Waals surface area (Å²) in [7, 11) is 2.20. The Bertz CT molecular complexity index is 406. The van der Waals surface area contributed by atoms with Gasteiger partial charge in [0.15, 0.2) is 0 Å². The molecular weight excluding hydrogens is 264 g/mol. The van der Waals surface area contributed by atoms with Crippen molar-refractivity contribution in [1.82, 2.24) is 0 Å². The lowest BCUT2D eigenvalue weighted by molar-refractivity contribution is 0.634. The molecule has 0 radical (unpaired) electrons. The molecule has 0 spiro atoms. The second-order valence-corrected chi connectivity index (χ2v) is 6.73. The quantitative estimate of drug-likeness (QED) is 0.789. The summed E-state index contributed by atoms with van der Waals surface area (Å²) >= 11 is 1.92. The molecule has 2 N–H and O–H groups in total. The Morgan fingerprint density at radius 2 is 2.05 bits per heavy atom. The van der Waals surface area contributed by atoms with Gasteiger partial charge in [-0.25, -0.2) is 0 Å². The maximum Gasteiger partial charge on any atom is 0.0399 e. The van der Waals surface area contributed by atoms with Crippen molar-refractivity contribution in [3.8, 4) is 0 Å². The molecule has 0 amide bonds. The minimum atomic E-state index is 0.255. The summed E-state index contributed by atoms with van der Waals surface area (Å²) in [4.78, 5) is 2.41. The van der Waals surface area contributed by atoms with Gasteiger partial charge in [0.2, 0.25) is 0 Å². The highest BCUT2D eigenvalue weighted by molar-refractivity contribution is 7.98. The summed E-state index contributed by atoms with van der Waals surface area (Å²) in [5, 5.41) is 0. The lowest BCUT2D eigenvalue weighted by Crippen LogP contribution is -2.31. The van der Waals surface area contributed by atoms with Gasteiger partial charge in [0.05, 0.1) is 0 Å². The minimum Gasteiger partial charge on any atom is -0.372 e. The molecule has 3 heteroatoms. The topological polar surface area (TPSA) is 29.3 Å². The second-order valence-electron chi connectivity index (χ2n) is 5.75. The molecule has 2 atom stereocenters. The van der Waals surface area contributed by atoms with Gasteiger partial charge in [0, 0.05) is 24.8 Å². The number of nitrogens with two attached hydrogens (primary N) is 1. The largest absolute Gasteiger partial charge is 0.372 e. The van der Waals surface area contributed by atoms with E-state index < -0.39 is 0 Å². The summed E-state index contributed by atoms with van der Waals surface area (Å²) in [5.41, 5.74) is 10.2. The first-order chi connectivity index (χ1) is 9.49. The molecule has 0 aliphatic carbocycles. The Balaban J connectivity index is 2.91. The average molecular weight is 295 g/mol. The molecule has 0 fully saturated rings. The smallest absolute Gasteiger partial charge is 0.0399 e. The van der Waals surface area contributed by atoms with Crippen molar-refractivity contribution < 1.29 is 0 Å². The molecule has 0 aliphatic rings. The van der Waals surface area contributed by atoms with Crippen LogP contribution in [0.15, 0.2) is 18.2 Å². The van der Waals surface area contributed by atoms with Crippen molar-refractivity contribution in [2.75, 3.05) is 24.0 Å². The van der Waals surface area contributed by atoms with Gasteiger partial charge < -0.3 is 10.6 Å². The second kappa shape index (κ2) is 8.58. The van der Waals surface area contributed by atoms with Crippen molar-refractivity contribution in [2.24, 2.45) is 5.73 Å². The van der Waals surface area contributed by atoms with Crippen molar-refractivity contribution >= 4 is 17.4 Å². The molecule has 2 unspecified atom stereocenters. The standard InChI is InChI=1S/C17H30N2S/c1-6-16(18)12-15-11-13(2)7-8-17(15)19(4)14(3)9-10-20-5/h7-8,11,14,16H,6,9-10,12,18H2,1-5H3. The van der Waals surface area contributed by atoms with Crippen molar-refractivity contribution in [1.29, 1.82) is 0 Å². The van der Waals surface area contributed by atoms with Gasteiger partial charge in [-0.1, -0.05) is 24.6 Å². The normalized spacial score (nSPS) is 14.1. The third-order valence-electron chi connectivity index (χ3n) is 4.02. The van der Waals surface area contributed by atoms with Gasteiger partial charge in [0.1, 0.15) is 0 Å². The SMILES string of the molecule is CCC(N)Cc1cc(C)ccc1N(C)C(C)CCSC. The van der Waals surface area contributed by atoms with E-state index in [2.05, 4.69) is 57.2 Å². The van der Waals surface area contributed by atoms with E-state index in [0.717, 1.165) is 12.8 Å². The first-order valence-electron chi connectivity index (χ1n) is 7.56. The highest BCUT2D eigenvalue weighted by Gasteiger charge is 2.15. The Hall–Kier alpha value is -0.670. The molecule has 0 saturated heterocycles. The lowest BCUT2D eigenvalue weighted by atomic mass is 9.99. The first-order valence-corrected chi connectivity index (χ1v) is 8.95. The van der Waals surface area contributed by atoms with E-state index in [9.17, 15) is 0 Å². The fourth-order valence-electron chi connectivity index (χ4n) is 2.37. The first kappa shape index (κ1) is 17.4. The van der Waals surface area contributed by atoms with Crippen LogP contribution in [0.2, 0.25) is 0 Å². The van der Waals surface area contributed by atoms with E-state index >= 15 is 0 Å². The van der Waals surface area contributed by atoms with E-state index in [0.29, 0.717) is 6.04 Å². The lowest BCUT2D eigenvalue weighted by Gasteiger charge is -2.30. The predicted molar refractivity (Wildman–Crippen MR) is 94.0 cm³/mol. The van der Waals surface area contributed by atoms with Crippen LogP contribution in [0, 0.1) is 6.92 Å². The number of rotatable bonds is 8. The highest BCUT2D eigenvalue weighted by atomic mass is 32.2. The van der Waals surface area contributed by atoms with Crippen LogP contribution in [0.25, 0.3) is 0 Å².